The highest BCUT2D eigenvalue weighted by Crippen LogP contribution is 2.32. The van der Waals surface area contributed by atoms with Crippen molar-refractivity contribution in [3.05, 3.63) is 41.8 Å². The molecule has 0 saturated carbocycles. The van der Waals surface area contributed by atoms with Crippen molar-refractivity contribution in [1.29, 1.82) is 0 Å². The van der Waals surface area contributed by atoms with Gasteiger partial charge in [-0.1, -0.05) is 0 Å². The van der Waals surface area contributed by atoms with Crippen LogP contribution in [0.2, 0.25) is 0 Å². The molecule has 1 unspecified atom stereocenters. The number of aromatic nitrogens is 2. The molecule has 1 aromatic heterocycles. The largest absolute Gasteiger partial charge is 0.481 e. The average molecular weight is 347 g/mol. The van der Waals surface area contributed by atoms with Gasteiger partial charge in [-0.05, 0) is 36.8 Å². The van der Waals surface area contributed by atoms with Gasteiger partial charge in [0.05, 0.1) is 12.3 Å². The number of carboxylic acid groups (broad SMARTS) is 1. The van der Waals surface area contributed by atoms with Gasteiger partial charge in [0, 0.05) is 25.8 Å². The monoisotopic (exact) mass is 347 g/mol. The van der Waals surface area contributed by atoms with E-state index in [4.69, 9.17) is 4.74 Å². The summed E-state index contributed by atoms with van der Waals surface area (Å²) in [4.78, 5) is 25.7. The number of hydrogen-bond donors (Lipinski definition) is 2. The SMILES string of the molecule is COCC1(C(=O)O)CCN(C(=O)c2cc(-c3ccc(F)cc3)n[nH]2)C1. The lowest BCUT2D eigenvalue weighted by molar-refractivity contribution is -0.151. The number of amides is 1. The number of rotatable bonds is 5. The molecule has 0 bridgehead atoms. The highest BCUT2D eigenvalue weighted by Gasteiger charge is 2.46. The van der Waals surface area contributed by atoms with E-state index in [9.17, 15) is 19.1 Å². The third-order valence-electron chi connectivity index (χ3n) is 4.46. The molecule has 1 aliphatic rings. The summed E-state index contributed by atoms with van der Waals surface area (Å²) >= 11 is 0. The molecule has 2 aromatic rings. The molecule has 2 N–H and O–H groups in total. The van der Waals surface area contributed by atoms with Crippen LogP contribution in [0.1, 0.15) is 16.9 Å². The van der Waals surface area contributed by atoms with Gasteiger partial charge in [0.2, 0.25) is 0 Å². The summed E-state index contributed by atoms with van der Waals surface area (Å²) in [5.74, 6) is -1.64. The number of hydrogen-bond acceptors (Lipinski definition) is 4. The zero-order valence-corrected chi connectivity index (χ0v) is 13.7. The molecule has 7 nitrogen and oxygen atoms in total. The number of nitrogens with zero attached hydrogens (tertiary/aromatic N) is 2. The van der Waals surface area contributed by atoms with E-state index in [1.54, 1.807) is 18.2 Å². The summed E-state index contributed by atoms with van der Waals surface area (Å²) in [6, 6.07) is 7.36. The van der Waals surface area contributed by atoms with Crippen LogP contribution in [0, 0.1) is 11.2 Å². The number of aromatic amines is 1. The maximum Gasteiger partial charge on any atom is 0.313 e. The Kier molecular flexibility index (Phi) is 4.54. The number of carbonyl (C=O) groups excluding carboxylic acids is 1. The Morgan fingerprint density at radius 3 is 2.76 bits per heavy atom. The molecule has 1 atom stereocenters. The molecule has 0 radical (unpaired) electrons. The minimum absolute atomic E-state index is 0.0515. The first-order valence-corrected chi connectivity index (χ1v) is 7.78. The predicted molar refractivity (Wildman–Crippen MR) is 86.4 cm³/mol. The molecule has 2 heterocycles. The van der Waals surface area contributed by atoms with Crippen LogP contribution >= 0.6 is 0 Å². The Labute approximate surface area is 143 Å². The van der Waals surface area contributed by atoms with Crippen molar-refractivity contribution in [3.63, 3.8) is 0 Å². The van der Waals surface area contributed by atoms with Crippen LogP contribution in [0.4, 0.5) is 4.39 Å². The molecule has 8 heteroatoms. The minimum Gasteiger partial charge on any atom is -0.481 e. The van der Waals surface area contributed by atoms with E-state index >= 15 is 0 Å². The standard InChI is InChI=1S/C17H18FN3O4/c1-25-10-17(16(23)24)6-7-21(9-17)15(22)14-8-13(19-20-14)11-2-4-12(18)5-3-11/h2-5,8H,6-7,9-10H2,1H3,(H,19,20)(H,23,24). The van der Waals surface area contributed by atoms with Gasteiger partial charge in [0.15, 0.2) is 0 Å². The van der Waals surface area contributed by atoms with E-state index in [0.29, 0.717) is 24.2 Å². The number of nitrogens with one attached hydrogen (secondary N) is 1. The lowest BCUT2D eigenvalue weighted by Crippen LogP contribution is -2.40. The third-order valence-corrected chi connectivity index (χ3v) is 4.46. The molecule has 0 spiro atoms. The van der Waals surface area contributed by atoms with Crippen LogP contribution in [-0.4, -0.2) is 58.9 Å². The number of methoxy groups -OCH3 is 1. The normalized spacial score (nSPS) is 20.0. The van der Waals surface area contributed by atoms with Gasteiger partial charge in [-0.15, -0.1) is 0 Å². The molecule has 0 aliphatic carbocycles. The molecule has 1 saturated heterocycles. The van der Waals surface area contributed by atoms with Crippen molar-refractivity contribution in [1.82, 2.24) is 15.1 Å². The van der Waals surface area contributed by atoms with Crippen LogP contribution in [-0.2, 0) is 9.53 Å². The fourth-order valence-corrected chi connectivity index (χ4v) is 3.05. The van der Waals surface area contributed by atoms with Crippen molar-refractivity contribution >= 4 is 11.9 Å². The zero-order valence-electron chi connectivity index (χ0n) is 13.7. The Morgan fingerprint density at radius 2 is 2.12 bits per heavy atom. The average Bonchev–Trinajstić information content (AvgIpc) is 3.23. The van der Waals surface area contributed by atoms with Gasteiger partial charge >= 0.3 is 5.97 Å². The summed E-state index contributed by atoms with van der Waals surface area (Å²) in [5, 5.41) is 16.2. The predicted octanol–water partition coefficient (Wildman–Crippen LogP) is 1.78. The van der Waals surface area contributed by atoms with Crippen LogP contribution < -0.4 is 0 Å². The zero-order chi connectivity index (χ0) is 18.0. The van der Waals surface area contributed by atoms with E-state index in [-0.39, 0.29) is 30.6 Å². The minimum atomic E-state index is -1.08. The smallest absolute Gasteiger partial charge is 0.313 e. The van der Waals surface area contributed by atoms with E-state index in [1.165, 1.54) is 24.1 Å². The van der Waals surface area contributed by atoms with Crippen molar-refractivity contribution in [2.75, 3.05) is 26.8 Å². The highest BCUT2D eigenvalue weighted by atomic mass is 19.1. The van der Waals surface area contributed by atoms with Crippen LogP contribution in [0.3, 0.4) is 0 Å². The van der Waals surface area contributed by atoms with Gasteiger partial charge in [-0.25, -0.2) is 4.39 Å². The second-order valence-corrected chi connectivity index (χ2v) is 6.17. The molecule has 1 aromatic carbocycles. The molecule has 3 rings (SSSR count). The van der Waals surface area contributed by atoms with Crippen molar-refractivity contribution in [2.24, 2.45) is 5.41 Å². The van der Waals surface area contributed by atoms with Gasteiger partial charge in [0.1, 0.15) is 16.9 Å². The molecular formula is C17H18FN3O4. The lowest BCUT2D eigenvalue weighted by Gasteiger charge is -2.23. The maximum absolute atomic E-state index is 13.0. The van der Waals surface area contributed by atoms with E-state index < -0.39 is 11.4 Å². The topological polar surface area (TPSA) is 95.5 Å². The van der Waals surface area contributed by atoms with E-state index in [2.05, 4.69) is 10.2 Å². The van der Waals surface area contributed by atoms with Gasteiger partial charge in [-0.2, -0.15) is 5.10 Å². The van der Waals surface area contributed by atoms with Gasteiger partial charge in [-0.3, -0.25) is 14.7 Å². The molecule has 25 heavy (non-hydrogen) atoms. The van der Waals surface area contributed by atoms with Crippen molar-refractivity contribution in [2.45, 2.75) is 6.42 Å². The summed E-state index contributed by atoms with van der Waals surface area (Å²) in [5.41, 5.74) is 0.378. The Bertz CT molecular complexity index is 789. The number of carboxylic acids is 1. The number of benzene rings is 1. The first kappa shape index (κ1) is 17.1. The number of ether oxygens (including phenoxy) is 1. The fraction of sp³-hybridized carbons (Fsp3) is 0.353. The molecule has 132 valence electrons. The first-order chi connectivity index (χ1) is 11.9. The molecule has 1 amide bonds. The van der Waals surface area contributed by atoms with Crippen LogP contribution in [0.15, 0.2) is 30.3 Å². The van der Waals surface area contributed by atoms with E-state index in [0.717, 1.165) is 0 Å². The third kappa shape index (κ3) is 3.25. The van der Waals surface area contributed by atoms with Crippen molar-refractivity contribution < 1.29 is 23.8 Å². The first-order valence-electron chi connectivity index (χ1n) is 7.78. The van der Waals surface area contributed by atoms with Gasteiger partial charge < -0.3 is 14.7 Å². The second kappa shape index (κ2) is 6.64. The lowest BCUT2D eigenvalue weighted by atomic mass is 9.88. The Hall–Kier alpha value is -2.74. The summed E-state index contributed by atoms with van der Waals surface area (Å²) < 4.78 is 18.0. The highest BCUT2D eigenvalue weighted by molar-refractivity contribution is 5.94. The number of aliphatic carboxylic acids is 1. The summed E-state index contributed by atoms with van der Waals surface area (Å²) in [6.45, 7) is 0.467. The van der Waals surface area contributed by atoms with Crippen LogP contribution in [0.5, 0.6) is 0 Å². The van der Waals surface area contributed by atoms with Crippen molar-refractivity contribution in [3.8, 4) is 11.3 Å². The number of H-pyrrole nitrogens is 1. The quantitative estimate of drug-likeness (QED) is 0.860. The number of halogens is 1. The second-order valence-electron chi connectivity index (χ2n) is 6.17. The summed E-state index contributed by atoms with van der Waals surface area (Å²) in [6.07, 6.45) is 0.334. The molecule has 1 aliphatic heterocycles. The van der Waals surface area contributed by atoms with E-state index in [1.807, 2.05) is 0 Å². The maximum atomic E-state index is 13.0. The Morgan fingerprint density at radius 1 is 1.40 bits per heavy atom. The number of likely N-dealkylation sites (tertiary alicyclic amines) is 1. The summed E-state index contributed by atoms with van der Waals surface area (Å²) in [7, 11) is 1.44. The molecule has 1 fully saturated rings. The van der Waals surface area contributed by atoms with Crippen LogP contribution in [0.25, 0.3) is 11.3 Å². The molecular weight excluding hydrogens is 329 g/mol. The Balaban J connectivity index is 1.76. The fourth-order valence-electron chi connectivity index (χ4n) is 3.05. The van der Waals surface area contributed by atoms with Gasteiger partial charge in [0.25, 0.3) is 5.91 Å². The number of carbonyl (C=O) groups is 2.